The molecule has 0 amide bonds. The number of nitrogens with zero attached hydrogens (tertiary/aromatic N) is 3. The highest BCUT2D eigenvalue weighted by Crippen LogP contribution is 2.26. The van der Waals surface area contributed by atoms with Crippen LogP contribution in [0.5, 0.6) is 0 Å². The van der Waals surface area contributed by atoms with Crippen LogP contribution in [-0.4, -0.2) is 48.4 Å². The number of hydrogen-bond acceptors (Lipinski definition) is 5. The van der Waals surface area contributed by atoms with Crippen molar-refractivity contribution < 1.29 is 4.74 Å². The molecule has 2 aliphatic rings. The molecule has 0 unspecified atom stereocenters. The molecular formula is C18H23N3OS. The van der Waals surface area contributed by atoms with Crippen molar-refractivity contribution in [3.63, 3.8) is 0 Å². The Morgan fingerprint density at radius 2 is 2.17 bits per heavy atom. The van der Waals surface area contributed by atoms with E-state index < -0.39 is 0 Å². The Morgan fingerprint density at radius 3 is 2.96 bits per heavy atom. The maximum absolute atomic E-state index is 5.41. The number of benzene rings is 1. The fraction of sp³-hybridized carbons (Fsp3) is 0.556. The van der Waals surface area contributed by atoms with E-state index in [1.54, 1.807) is 0 Å². The molecule has 4 rings (SSSR count). The van der Waals surface area contributed by atoms with Gasteiger partial charge >= 0.3 is 0 Å². The first-order valence-electron chi connectivity index (χ1n) is 8.51. The van der Waals surface area contributed by atoms with Crippen LogP contribution in [0.25, 0.3) is 10.2 Å². The summed E-state index contributed by atoms with van der Waals surface area (Å²) in [4.78, 5) is 12.0. The molecule has 2 aliphatic heterocycles. The zero-order valence-corrected chi connectivity index (χ0v) is 14.4. The molecule has 4 nitrogen and oxygen atoms in total. The molecule has 5 heteroatoms. The van der Waals surface area contributed by atoms with Gasteiger partial charge in [-0.05, 0) is 36.5 Å². The SMILES string of the molecule is C[C@H]1CCC(c2ccc3sc(CN4CCOCC4)nc3c2)=NC1. The van der Waals surface area contributed by atoms with Crippen molar-refractivity contribution in [2.45, 2.75) is 26.3 Å². The lowest BCUT2D eigenvalue weighted by atomic mass is 9.96. The van der Waals surface area contributed by atoms with Gasteiger partial charge in [-0.25, -0.2) is 4.98 Å². The van der Waals surface area contributed by atoms with Gasteiger partial charge in [0.2, 0.25) is 0 Å². The van der Waals surface area contributed by atoms with Gasteiger partial charge in [0, 0.05) is 25.3 Å². The molecule has 23 heavy (non-hydrogen) atoms. The third kappa shape index (κ3) is 3.47. The molecule has 1 atom stereocenters. The molecule has 0 bridgehead atoms. The number of aromatic nitrogens is 1. The van der Waals surface area contributed by atoms with Gasteiger partial charge in [0.05, 0.1) is 30.0 Å². The Labute approximate surface area is 141 Å². The van der Waals surface area contributed by atoms with E-state index in [2.05, 4.69) is 30.0 Å². The number of fused-ring (bicyclic) bond motifs is 1. The lowest BCUT2D eigenvalue weighted by molar-refractivity contribution is 0.0342. The van der Waals surface area contributed by atoms with Gasteiger partial charge in [-0.1, -0.05) is 13.0 Å². The Balaban J connectivity index is 1.54. The molecule has 122 valence electrons. The third-order valence-electron chi connectivity index (χ3n) is 4.70. The van der Waals surface area contributed by atoms with Crippen LogP contribution < -0.4 is 0 Å². The normalized spacial score (nSPS) is 23.2. The summed E-state index contributed by atoms with van der Waals surface area (Å²) < 4.78 is 6.69. The number of morpholine rings is 1. The zero-order chi connectivity index (χ0) is 15.6. The molecule has 1 fully saturated rings. The molecule has 0 saturated carbocycles. The first-order valence-corrected chi connectivity index (χ1v) is 9.33. The highest BCUT2D eigenvalue weighted by molar-refractivity contribution is 7.18. The van der Waals surface area contributed by atoms with Crippen LogP contribution in [0, 0.1) is 5.92 Å². The number of rotatable bonds is 3. The summed E-state index contributed by atoms with van der Waals surface area (Å²) in [5.41, 5.74) is 3.64. The van der Waals surface area contributed by atoms with Crippen LogP contribution >= 0.6 is 11.3 Å². The second-order valence-corrected chi connectivity index (χ2v) is 7.73. The van der Waals surface area contributed by atoms with Crippen molar-refractivity contribution >= 4 is 27.3 Å². The lowest BCUT2D eigenvalue weighted by Crippen LogP contribution is -2.35. The second-order valence-electron chi connectivity index (χ2n) is 6.61. The Bertz CT molecular complexity index is 718. The van der Waals surface area contributed by atoms with E-state index >= 15 is 0 Å². The van der Waals surface area contributed by atoms with Gasteiger partial charge in [-0.2, -0.15) is 0 Å². The number of thiazole rings is 1. The van der Waals surface area contributed by atoms with Crippen molar-refractivity contribution in [2.75, 3.05) is 32.8 Å². The largest absolute Gasteiger partial charge is 0.379 e. The topological polar surface area (TPSA) is 37.7 Å². The summed E-state index contributed by atoms with van der Waals surface area (Å²) in [6.45, 7) is 7.89. The zero-order valence-electron chi connectivity index (χ0n) is 13.6. The van der Waals surface area contributed by atoms with Crippen LogP contribution in [0.2, 0.25) is 0 Å². The molecule has 1 saturated heterocycles. The Morgan fingerprint density at radius 1 is 1.30 bits per heavy atom. The minimum Gasteiger partial charge on any atom is -0.379 e. The minimum atomic E-state index is 0.724. The molecule has 0 radical (unpaired) electrons. The molecule has 3 heterocycles. The van der Waals surface area contributed by atoms with Crippen LogP contribution in [-0.2, 0) is 11.3 Å². The van der Waals surface area contributed by atoms with Gasteiger partial charge in [0.1, 0.15) is 5.01 Å². The minimum absolute atomic E-state index is 0.724. The molecule has 2 aromatic rings. The van der Waals surface area contributed by atoms with Crippen molar-refractivity contribution in [1.82, 2.24) is 9.88 Å². The molecule has 0 spiro atoms. The molecule has 1 aromatic carbocycles. The van der Waals surface area contributed by atoms with Gasteiger partial charge in [-0.15, -0.1) is 11.3 Å². The van der Waals surface area contributed by atoms with Crippen LogP contribution in [0.1, 0.15) is 30.3 Å². The quantitative estimate of drug-likeness (QED) is 0.867. The molecule has 1 aromatic heterocycles. The summed E-state index contributed by atoms with van der Waals surface area (Å²) >= 11 is 1.81. The average Bonchev–Trinajstić information content (AvgIpc) is 2.98. The fourth-order valence-corrected chi connectivity index (χ4v) is 4.22. The van der Waals surface area contributed by atoms with Gasteiger partial charge in [0.15, 0.2) is 0 Å². The van der Waals surface area contributed by atoms with Crippen LogP contribution in [0.3, 0.4) is 0 Å². The van der Waals surface area contributed by atoms with Crippen LogP contribution in [0.4, 0.5) is 0 Å². The standard InChI is InChI=1S/C18H23N3OS/c1-13-2-4-15(19-11-13)14-3-5-17-16(10-14)20-18(23-17)12-21-6-8-22-9-7-21/h3,5,10,13H,2,4,6-9,11-12H2,1H3/t13-/m0/s1. The van der Waals surface area contributed by atoms with E-state index in [-0.39, 0.29) is 0 Å². The van der Waals surface area contributed by atoms with Gasteiger partial charge < -0.3 is 4.74 Å². The van der Waals surface area contributed by atoms with Crippen molar-refractivity contribution in [1.29, 1.82) is 0 Å². The van der Waals surface area contributed by atoms with Gasteiger partial charge in [0.25, 0.3) is 0 Å². The highest BCUT2D eigenvalue weighted by atomic mass is 32.1. The number of ether oxygens (including phenoxy) is 1. The van der Waals surface area contributed by atoms with E-state index in [4.69, 9.17) is 14.7 Å². The summed E-state index contributed by atoms with van der Waals surface area (Å²) in [5, 5.41) is 1.21. The van der Waals surface area contributed by atoms with Gasteiger partial charge in [-0.3, -0.25) is 9.89 Å². The maximum atomic E-state index is 5.41. The van der Waals surface area contributed by atoms with Crippen LogP contribution in [0.15, 0.2) is 23.2 Å². The van der Waals surface area contributed by atoms with E-state index in [9.17, 15) is 0 Å². The van der Waals surface area contributed by atoms with E-state index in [0.717, 1.165) is 57.2 Å². The van der Waals surface area contributed by atoms with Crippen molar-refractivity contribution in [2.24, 2.45) is 10.9 Å². The fourth-order valence-electron chi connectivity index (χ4n) is 3.23. The summed E-state index contributed by atoms with van der Waals surface area (Å²) in [6, 6.07) is 6.66. The highest BCUT2D eigenvalue weighted by Gasteiger charge is 2.16. The summed E-state index contributed by atoms with van der Waals surface area (Å²) in [6.07, 6.45) is 2.34. The van der Waals surface area contributed by atoms with E-state index in [1.165, 1.54) is 27.4 Å². The number of aliphatic imine (C=N–C) groups is 1. The second kappa shape index (κ2) is 6.67. The average molecular weight is 329 g/mol. The molecule has 0 aliphatic carbocycles. The first-order chi connectivity index (χ1) is 11.3. The maximum Gasteiger partial charge on any atom is 0.108 e. The predicted octanol–water partition coefficient (Wildman–Crippen LogP) is 3.35. The van der Waals surface area contributed by atoms with Crippen molar-refractivity contribution in [3.05, 3.63) is 28.8 Å². The monoisotopic (exact) mass is 329 g/mol. The molecular weight excluding hydrogens is 306 g/mol. The number of hydrogen-bond donors (Lipinski definition) is 0. The summed E-state index contributed by atoms with van der Waals surface area (Å²) in [5.74, 6) is 0.724. The predicted molar refractivity (Wildman–Crippen MR) is 95.5 cm³/mol. The first kappa shape index (κ1) is 15.2. The van der Waals surface area contributed by atoms with Crippen molar-refractivity contribution in [3.8, 4) is 0 Å². The van der Waals surface area contributed by atoms with E-state index in [1.807, 2.05) is 11.3 Å². The lowest BCUT2D eigenvalue weighted by Gasteiger charge is -2.25. The Kier molecular flexibility index (Phi) is 4.42. The Hall–Kier alpha value is -1.30. The molecule has 0 N–H and O–H groups in total. The summed E-state index contributed by atoms with van der Waals surface area (Å²) in [7, 11) is 0. The smallest absolute Gasteiger partial charge is 0.108 e. The van der Waals surface area contributed by atoms with E-state index in [0.29, 0.717) is 0 Å². The third-order valence-corrected chi connectivity index (χ3v) is 5.72.